The fraction of sp³-hybridized carbons (Fsp3) is 0.750. The summed E-state index contributed by atoms with van der Waals surface area (Å²) in [4.78, 5) is 40.8. The van der Waals surface area contributed by atoms with Crippen LogP contribution in [0.4, 0.5) is 9.59 Å². The maximum Gasteiger partial charge on any atom is 0.410 e. The molecule has 158 valence electrons. The van der Waals surface area contributed by atoms with Crippen molar-refractivity contribution in [3.8, 4) is 0 Å². The molecule has 0 aromatic rings. The maximum absolute atomic E-state index is 12.7. The number of fused-ring (bicyclic) bond motifs is 1. The Morgan fingerprint density at radius 3 is 2.11 bits per heavy atom. The van der Waals surface area contributed by atoms with Crippen LogP contribution in [-0.4, -0.2) is 71.4 Å². The highest BCUT2D eigenvalue weighted by molar-refractivity contribution is 5.91. The summed E-state index contributed by atoms with van der Waals surface area (Å²) in [6.45, 7) is 13.6. The number of nitrogens with zero attached hydrogens (tertiary/aromatic N) is 2. The van der Waals surface area contributed by atoms with Crippen LogP contribution in [0.25, 0.3) is 0 Å². The second-order valence-electron chi connectivity index (χ2n) is 9.02. The fourth-order valence-electron chi connectivity index (χ4n) is 3.28. The van der Waals surface area contributed by atoms with Gasteiger partial charge in [0.2, 0.25) is 0 Å². The zero-order valence-electron chi connectivity index (χ0n) is 18.0. The molecule has 2 amide bonds. The van der Waals surface area contributed by atoms with Gasteiger partial charge < -0.3 is 19.1 Å². The molecule has 0 aromatic heterocycles. The minimum Gasteiger partial charge on any atom is -0.463 e. The van der Waals surface area contributed by atoms with E-state index in [2.05, 4.69) is 0 Å². The maximum atomic E-state index is 12.7. The molecule has 8 heteroatoms. The third-order valence-electron chi connectivity index (χ3n) is 4.32. The van der Waals surface area contributed by atoms with E-state index in [1.807, 2.05) is 0 Å². The normalized spacial score (nSPS) is 20.0. The number of hydrogen-bond acceptors (Lipinski definition) is 6. The summed E-state index contributed by atoms with van der Waals surface area (Å²) in [7, 11) is 0. The molecule has 0 bridgehead atoms. The van der Waals surface area contributed by atoms with Crippen LogP contribution in [0.15, 0.2) is 11.1 Å². The first-order valence-corrected chi connectivity index (χ1v) is 9.69. The Hall–Kier alpha value is -2.25. The van der Waals surface area contributed by atoms with Gasteiger partial charge in [-0.05, 0) is 60.5 Å². The first-order valence-electron chi connectivity index (χ1n) is 9.69. The van der Waals surface area contributed by atoms with Crippen molar-refractivity contribution in [2.75, 3.05) is 26.2 Å². The quantitative estimate of drug-likeness (QED) is 0.527. The van der Waals surface area contributed by atoms with Crippen molar-refractivity contribution < 1.29 is 28.6 Å². The Labute approximate surface area is 166 Å². The molecule has 1 fully saturated rings. The van der Waals surface area contributed by atoms with E-state index in [4.69, 9.17) is 14.2 Å². The van der Waals surface area contributed by atoms with E-state index in [9.17, 15) is 14.4 Å². The molecule has 0 aliphatic carbocycles. The van der Waals surface area contributed by atoms with Crippen LogP contribution in [0, 0.1) is 0 Å². The Morgan fingerprint density at radius 1 is 1.00 bits per heavy atom. The third kappa shape index (κ3) is 5.39. The molecule has 1 atom stereocenters. The number of amides is 2. The van der Waals surface area contributed by atoms with Crippen LogP contribution in [-0.2, 0) is 19.0 Å². The molecule has 0 N–H and O–H groups in total. The van der Waals surface area contributed by atoms with Crippen molar-refractivity contribution >= 4 is 18.2 Å². The van der Waals surface area contributed by atoms with Crippen molar-refractivity contribution in [2.24, 2.45) is 0 Å². The second-order valence-corrected chi connectivity index (χ2v) is 9.02. The molecule has 2 aliphatic heterocycles. The highest BCUT2D eigenvalue weighted by atomic mass is 16.6. The van der Waals surface area contributed by atoms with Crippen LogP contribution in [0.1, 0.15) is 54.9 Å². The lowest BCUT2D eigenvalue weighted by Gasteiger charge is -2.35. The minimum absolute atomic E-state index is 0.229. The summed E-state index contributed by atoms with van der Waals surface area (Å²) in [5, 5.41) is 0. The number of hydrogen-bond donors (Lipinski definition) is 0. The standard InChI is InChI=1S/C20H32N2O6/c1-8-26-16(23)13-9-10-22(18(25)28-20(5,6)7)15-12-21(11-14(13)15)17(24)27-19(2,3)4/h15H,8-12H2,1-7H3. The van der Waals surface area contributed by atoms with Gasteiger partial charge in [0.05, 0.1) is 12.6 Å². The summed E-state index contributed by atoms with van der Waals surface area (Å²) in [6.07, 6.45) is -0.558. The molecule has 1 unspecified atom stereocenters. The second kappa shape index (κ2) is 8.01. The number of carbonyl (C=O) groups excluding carboxylic acids is 3. The largest absolute Gasteiger partial charge is 0.463 e. The fourth-order valence-corrected chi connectivity index (χ4v) is 3.28. The molecule has 2 aliphatic rings. The van der Waals surface area contributed by atoms with Crippen LogP contribution >= 0.6 is 0 Å². The lowest BCUT2D eigenvalue weighted by molar-refractivity contribution is -0.139. The van der Waals surface area contributed by atoms with Gasteiger partial charge in [0.1, 0.15) is 11.2 Å². The van der Waals surface area contributed by atoms with E-state index in [1.165, 1.54) is 4.90 Å². The van der Waals surface area contributed by atoms with Crippen molar-refractivity contribution in [3.05, 3.63) is 11.1 Å². The summed E-state index contributed by atoms with van der Waals surface area (Å²) in [5.41, 5.74) is -0.000913. The van der Waals surface area contributed by atoms with Gasteiger partial charge >= 0.3 is 18.2 Å². The smallest absolute Gasteiger partial charge is 0.410 e. The minimum atomic E-state index is -0.633. The highest BCUT2D eigenvalue weighted by Crippen LogP contribution is 2.33. The van der Waals surface area contributed by atoms with Gasteiger partial charge in [0, 0.05) is 25.2 Å². The lowest BCUT2D eigenvalue weighted by atomic mass is 9.95. The summed E-state index contributed by atoms with van der Waals surface area (Å²) in [5.74, 6) is -0.391. The first-order chi connectivity index (χ1) is 12.8. The number of rotatable bonds is 2. The Kier molecular flexibility index (Phi) is 6.31. The van der Waals surface area contributed by atoms with Gasteiger partial charge in [-0.15, -0.1) is 0 Å². The molecule has 2 rings (SSSR count). The molecular formula is C20H32N2O6. The first kappa shape index (κ1) is 22.0. The molecule has 8 nitrogen and oxygen atoms in total. The topological polar surface area (TPSA) is 85.4 Å². The van der Waals surface area contributed by atoms with E-state index >= 15 is 0 Å². The van der Waals surface area contributed by atoms with Gasteiger partial charge in [-0.3, -0.25) is 4.90 Å². The van der Waals surface area contributed by atoms with E-state index in [-0.39, 0.29) is 19.7 Å². The van der Waals surface area contributed by atoms with Gasteiger partial charge in [-0.25, -0.2) is 14.4 Å². The van der Waals surface area contributed by atoms with Crippen LogP contribution in [0.3, 0.4) is 0 Å². The van der Waals surface area contributed by atoms with Crippen LogP contribution < -0.4 is 0 Å². The van der Waals surface area contributed by atoms with E-state index in [0.29, 0.717) is 18.5 Å². The number of ether oxygens (including phenoxy) is 3. The Morgan fingerprint density at radius 2 is 1.57 bits per heavy atom. The molecule has 0 spiro atoms. The number of esters is 1. The Balaban J connectivity index is 2.30. The summed E-state index contributed by atoms with van der Waals surface area (Å²) in [6, 6.07) is -0.421. The van der Waals surface area contributed by atoms with Crippen molar-refractivity contribution in [2.45, 2.75) is 72.1 Å². The van der Waals surface area contributed by atoms with Crippen molar-refractivity contribution in [1.82, 2.24) is 9.80 Å². The highest BCUT2D eigenvalue weighted by Gasteiger charge is 2.44. The molecule has 28 heavy (non-hydrogen) atoms. The number of likely N-dealkylation sites (tertiary alicyclic amines) is 1. The van der Waals surface area contributed by atoms with Crippen molar-refractivity contribution in [3.63, 3.8) is 0 Å². The third-order valence-corrected chi connectivity index (χ3v) is 4.32. The van der Waals surface area contributed by atoms with E-state index < -0.39 is 35.4 Å². The average molecular weight is 396 g/mol. The van der Waals surface area contributed by atoms with Crippen molar-refractivity contribution in [1.29, 1.82) is 0 Å². The molecule has 2 heterocycles. The molecular weight excluding hydrogens is 364 g/mol. The number of carbonyl (C=O) groups is 3. The zero-order valence-corrected chi connectivity index (χ0v) is 18.0. The SMILES string of the molecule is CCOC(=O)C1=C2CN(C(=O)OC(C)(C)C)CC2N(C(=O)OC(C)(C)C)CC1. The monoisotopic (exact) mass is 396 g/mol. The molecule has 1 saturated heterocycles. The van der Waals surface area contributed by atoms with E-state index in [1.54, 1.807) is 53.4 Å². The van der Waals surface area contributed by atoms with Gasteiger partial charge in [0.25, 0.3) is 0 Å². The zero-order chi connectivity index (χ0) is 21.3. The molecule has 0 saturated carbocycles. The van der Waals surface area contributed by atoms with Gasteiger partial charge in [-0.1, -0.05) is 0 Å². The predicted molar refractivity (Wildman–Crippen MR) is 103 cm³/mol. The summed E-state index contributed by atoms with van der Waals surface area (Å²) < 4.78 is 16.2. The van der Waals surface area contributed by atoms with Crippen LogP contribution in [0.2, 0.25) is 0 Å². The lowest BCUT2D eigenvalue weighted by Crippen LogP contribution is -2.48. The average Bonchev–Trinajstić information content (AvgIpc) is 2.95. The van der Waals surface area contributed by atoms with Crippen LogP contribution in [0.5, 0.6) is 0 Å². The Bertz CT molecular complexity index is 671. The van der Waals surface area contributed by atoms with E-state index in [0.717, 1.165) is 5.57 Å². The molecule has 0 radical (unpaired) electrons. The van der Waals surface area contributed by atoms with Gasteiger partial charge in [0.15, 0.2) is 0 Å². The van der Waals surface area contributed by atoms with Gasteiger partial charge in [-0.2, -0.15) is 0 Å². The molecule has 0 aromatic carbocycles. The predicted octanol–water partition coefficient (Wildman–Crippen LogP) is 3.11. The summed E-state index contributed by atoms with van der Waals surface area (Å²) >= 11 is 0.